The van der Waals surface area contributed by atoms with Crippen LogP contribution >= 0.6 is 0 Å². The van der Waals surface area contributed by atoms with Crippen molar-refractivity contribution in [3.8, 4) is 0 Å². The summed E-state index contributed by atoms with van der Waals surface area (Å²) in [6.45, 7) is 6.17. The summed E-state index contributed by atoms with van der Waals surface area (Å²) in [5.41, 5.74) is 0.950. The van der Waals surface area contributed by atoms with Gasteiger partial charge in [-0.05, 0) is 31.0 Å². The molecule has 0 aliphatic rings. The standard InChI is InChI=1S/C16H25N3O5S/c1-4-19(5-2)25(23,24)14-11-13(9-8-12(14)3)18-16(22)17-10-6-7-15(20)21/h8-9,11H,4-7,10H2,1-3H3,(H,20,21)(H2,17,18,22). The third-order valence-electron chi connectivity index (χ3n) is 3.62. The first-order chi connectivity index (χ1) is 11.7. The zero-order valence-corrected chi connectivity index (χ0v) is 15.5. The van der Waals surface area contributed by atoms with Crippen LogP contribution in [0.4, 0.5) is 10.5 Å². The van der Waals surface area contributed by atoms with Crippen LogP contribution in [-0.4, -0.2) is 49.5 Å². The number of nitrogens with one attached hydrogen (secondary N) is 2. The van der Waals surface area contributed by atoms with E-state index in [0.29, 0.717) is 30.8 Å². The SMILES string of the molecule is CCN(CC)S(=O)(=O)c1cc(NC(=O)NCCCC(=O)O)ccc1C. The van der Waals surface area contributed by atoms with Crippen LogP contribution < -0.4 is 10.6 Å². The van der Waals surface area contributed by atoms with Crippen molar-refractivity contribution in [2.45, 2.75) is 38.5 Å². The number of nitrogens with zero attached hydrogens (tertiary/aromatic N) is 1. The molecule has 1 rings (SSSR count). The average molecular weight is 371 g/mol. The van der Waals surface area contributed by atoms with Crippen molar-refractivity contribution in [1.29, 1.82) is 0 Å². The molecule has 0 radical (unpaired) electrons. The summed E-state index contributed by atoms with van der Waals surface area (Å²) in [5.74, 6) is -0.924. The predicted molar refractivity (Wildman–Crippen MR) is 95.2 cm³/mol. The second-order valence-corrected chi connectivity index (χ2v) is 7.35. The largest absolute Gasteiger partial charge is 0.481 e. The molecule has 0 heterocycles. The van der Waals surface area contributed by atoms with Gasteiger partial charge in [0.1, 0.15) is 0 Å². The van der Waals surface area contributed by atoms with Crippen LogP contribution in [0.5, 0.6) is 0 Å². The van der Waals surface area contributed by atoms with Gasteiger partial charge in [0, 0.05) is 31.7 Å². The van der Waals surface area contributed by atoms with Crippen LogP contribution in [0, 0.1) is 6.92 Å². The number of aryl methyl sites for hydroxylation is 1. The van der Waals surface area contributed by atoms with Gasteiger partial charge in [-0.25, -0.2) is 13.2 Å². The molecule has 1 aromatic carbocycles. The molecule has 2 amide bonds. The van der Waals surface area contributed by atoms with Gasteiger partial charge in [0.05, 0.1) is 4.90 Å². The first kappa shape index (κ1) is 20.9. The molecule has 0 unspecified atom stereocenters. The fourth-order valence-corrected chi connectivity index (χ4v) is 3.98. The zero-order valence-electron chi connectivity index (χ0n) is 14.7. The number of hydrogen-bond acceptors (Lipinski definition) is 4. The Bertz CT molecular complexity index is 714. The highest BCUT2D eigenvalue weighted by Gasteiger charge is 2.24. The lowest BCUT2D eigenvalue weighted by atomic mass is 10.2. The summed E-state index contributed by atoms with van der Waals surface area (Å²) in [5, 5.41) is 13.6. The van der Waals surface area contributed by atoms with Crippen molar-refractivity contribution in [2.24, 2.45) is 0 Å². The highest BCUT2D eigenvalue weighted by molar-refractivity contribution is 7.89. The molecule has 8 nitrogen and oxygen atoms in total. The Balaban J connectivity index is 2.84. The fourth-order valence-electron chi connectivity index (χ4n) is 2.28. The van der Waals surface area contributed by atoms with E-state index >= 15 is 0 Å². The van der Waals surface area contributed by atoms with Gasteiger partial charge in [0.2, 0.25) is 10.0 Å². The van der Waals surface area contributed by atoms with E-state index in [9.17, 15) is 18.0 Å². The number of carbonyl (C=O) groups is 2. The molecule has 140 valence electrons. The van der Waals surface area contributed by atoms with E-state index in [1.54, 1.807) is 32.9 Å². The molecule has 0 bridgehead atoms. The Labute approximate surface area is 148 Å². The Morgan fingerprint density at radius 3 is 2.40 bits per heavy atom. The number of carbonyl (C=O) groups excluding carboxylic acids is 1. The van der Waals surface area contributed by atoms with E-state index in [-0.39, 0.29) is 17.9 Å². The number of carboxylic acid groups (broad SMARTS) is 1. The Kier molecular flexibility index (Phi) is 7.85. The maximum Gasteiger partial charge on any atom is 0.319 e. The maximum atomic E-state index is 12.7. The van der Waals surface area contributed by atoms with Gasteiger partial charge in [-0.2, -0.15) is 4.31 Å². The minimum Gasteiger partial charge on any atom is -0.481 e. The molecule has 0 aliphatic heterocycles. The van der Waals surface area contributed by atoms with E-state index in [0.717, 1.165) is 0 Å². The molecule has 0 saturated carbocycles. The molecule has 0 aliphatic carbocycles. The molecular formula is C16H25N3O5S. The second-order valence-electron chi connectivity index (χ2n) is 5.45. The molecule has 0 fully saturated rings. The van der Waals surface area contributed by atoms with Gasteiger partial charge >= 0.3 is 12.0 Å². The quantitative estimate of drug-likeness (QED) is 0.574. The summed E-state index contributed by atoms with van der Waals surface area (Å²) in [4.78, 5) is 22.4. The molecule has 3 N–H and O–H groups in total. The Morgan fingerprint density at radius 1 is 1.20 bits per heavy atom. The number of anilines is 1. The van der Waals surface area contributed by atoms with Gasteiger partial charge in [0.25, 0.3) is 0 Å². The number of benzene rings is 1. The van der Waals surface area contributed by atoms with E-state index in [4.69, 9.17) is 5.11 Å². The van der Waals surface area contributed by atoms with E-state index in [2.05, 4.69) is 10.6 Å². The molecular weight excluding hydrogens is 346 g/mol. The Morgan fingerprint density at radius 2 is 1.84 bits per heavy atom. The fraction of sp³-hybridized carbons (Fsp3) is 0.500. The topological polar surface area (TPSA) is 116 Å². The third-order valence-corrected chi connectivity index (χ3v) is 5.81. The van der Waals surface area contributed by atoms with E-state index in [1.165, 1.54) is 10.4 Å². The molecule has 0 aromatic heterocycles. The smallest absolute Gasteiger partial charge is 0.319 e. The zero-order chi connectivity index (χ0) is 19.0. The highest BCUT2D eigenvalue weighted by Crippen LogP contribution is 2.23. The Hall–Kier alpha value is -2.13. The summed E-state index contributed by atoms with van der Waals surface area (Å²) in [6.07, 6.45) is 0.287. The van der Waals surface area contributed by atoms with Crippen LogP contribution in [0.25, 0.3) is 0 Å². The third kappa shape index (κ3) is 6.02. The van der Waals surface area contributed by atoms with E-state index in [1.807, 2.05) is 0 Å². The van der Waals surface area contributed by atoms with Gasteiger partial charge in [-0.1, -0.05) is 19.9 Å². The van der Waals surface area contributed by atoms with Crippen LogP contribution in [0.3, 0.4) is 0 Å². The van der Waals surface area contributed by atoms with E-state index < -0.39 is 22.0 Å². The lowest BCUT2D eigenvalue weighted by Gasteiger charge is -2.20. The van der Waals surface area contributed by atoms with Crippen molar-refractivity contribution in [3.63, 3.8) is 0 Å². The number of rotatable bonds is 9. The second kappa shape index (κ2) is 9.38. The summed E-state index contributed by atoms with van der Waals surface area (Å²) < 4.78 is 26.7. The number of amides is 2. The number of hydrogen-bond donors (Lipinski definition) is 3. The molecule has 0 saturated heterocycles. The van der Waals surface area contributed by atoms with Gasteiger partial charge in [0.15, 0.2) is 0 Å². The minimum absolute atomic E-state index is 0.0307. The van der Waals surface area contributed by atoms with Crippen molar-refractivity contribution >= 4 is 27.7 Å². The van der Waals surface area contributed by atoms with Crippen LogP contribution in [-0.2, 0) is 14.8 Å². The highest BCUT2D eigenvalue weighted by atomic mass is 32.2. The average Bonchev–Trinajstić information content (AvgIpc) is 2.54. The maximum absolute atomic E-state index is 12.7. The van der Waals surface area contributed by atoms with Gasteiger partial charge in [-0.15, -0.1) is 0 Å². The van der Waals surface area contributed by atoms with Crippen LogP contribution in [0.15, 0.2) is 23.1 Å². The van der Waals surface area contributed by atoms with Crippen LogP contribution in [0.2, 0.25) is 0 Å². The van der Waals surface area contributed by atoms with Crippen molar-refractivity contribution < 1.29 is 23.1 Å². The summed E-state index contributed by atoms with van der Waals surface area (Å²) in [6, 6.07) is 4.17. The van der Waals surface area contributed by atoms with Crippen molar-refractivity contribution in [3.05, 3.63) is 23.8 Å². The number of sulfonamides is 1. The van der Waals surface area contributed by atoms with Gasteiger partial charge in [-0.3, -0.25) is 4.79 Å². The normalized spacial score (nSPS) is 11.4. The monoisotopic (exact) mass is 371 g/mol. The molecule has 9 heteroatoms. The predicted octanol–water partition coefficient (Wildman–Crippen LogP) is 2.01. The number of aliphatic carboxylic acids is 1. The first-order valence-electron chi connectivity index (χ1n) is 8.09. The molecule has 1 aromatic rings. The first-order valence-corrected chi connectivity index (χ1v) is 9.53. The number of carboxylic acids is 1. The molecule has 25 heavy (non-hydrogen) atoms. The minimum atomic E-state index is -3.62. The number of urea groups is 1. The summed E-state index contributed by atoms with van der Waals surface area (Å²) in [7, 11) is -3.62. The van der Waals surface area contributed by atoms with Crippen molar-refractivity contribution in [1.82, 2.24) is 9.62 Å². The molecule has 0 spiro atoms. The lowest BCUT2D eigenvalue weighted by Crippen LogP contribution is -2.32. The summed E-state index contributed by atoms with van der Waals surface area (Å²) >= 11 is 0. The van der Waals surface area contributed by atoms with Gasteiger partial charge < -0.3 is 15.7 Å². The van der Waals surface area contributed by atoms with Crippen LogP contribution in [0.1, 0.15) is 32.3 Å². The molecule has 0 atom stereocenters. The lowest BCUT2D eigenvalue weighted by molar-refractivity contribution is -0.137. The van der Waals surface area contributed by atoms with Crippen molar-refractivity contribution in [2.75, 3.05) is 25.0 Å².